The number of nitrogens with one attached hydrogen (secondary N) is 1. The first-order chi connectivity index (χ1) is 12.6. The van der Waals surface area contributed by atoms with Gasteiger partial charge in [-0.05, 0) is 57.4 Å². The van der Waals surface area contributed by atoms with Crippen LogP contribution in [0.2, 0.25) is 0 Å². The van der Waals surface area contributed by atoms with Crippen molar-refractivity contribution in [3.05, 3.63) is 50.9 Å². The van der Waals surface area contributed by atoms with Crippen LogP contribution in [0.5, 0.6) is 0 Å². The molecule has 2 aliphatic rings. The molecule has 7 nitrogen and oxygen atoms in total. The molecule has 4 rings (SSSR count). The Bertz CT molecular complexity index is 891. The van der Waals surface area contributed by atoms with E-state index >= 15 is 0 Å². The highest BCUT2D eigenvalue weighted by Crippen LogP contribution is 2.30. The zero-order valence-electron chi connectivity index (χ0n) is 15.1. The molecule has 138 valence electrons. The van der Waals surface area contributed by atoms with Crippen molar-refractivity contribution < 1.29 is 0 Å². The van der Waals surface area contributed by atoms with E-state index < -0.39 is 0 Å². The Balaban J connectivity index is 1.40. The van der Waals surface area contributed by atoms with Crippen LogP contribution in [0.3, 0.4) is 0 Å². The standard InChI is InChI=1S/C19H25N5O2/c1-13-2-9-17(25)24(22-13)16-7-5-15(6-8-16)21-18-19(26)23(11-10-20-18)12-14-3-4-14/h2,9-11,14-16H,3-8,12H2,1H3,(H,20,21). The van der Waals surface area contributed by atoms with Gasteiger partial charge in [0.05, 0.1) is 11.7 Å². The van der Waals surface area contributed by atoms with Gasteiger partial charge in [0.15, 0.2) is 5.82 Å². The first-order valence-electron chi connectivity index (χ1n) is 9.48. The van der Waals surface area contributed by atoms with Crippen LogP contribution in [0.1, 0.15) is 50.3 Å². The smallest absolute Gasteiger partial charge is 0.293 e. The number of rotatable bonds is 5. The molecule has 2 heterocycles. The van der Waals surface area contributed by atoms with Crippen molar-refractivity contribution in [2.75, 3.05) is 5.32 Å². The molecule has 26 heavy (non-hydrogen) atoms. The van der Waals surface area contributed by atoms with Crippen LogP contribution in [0, 0.1) is 12.8 Å². The fourth-order valence-corrected chi connectivity index (χ4v) is 3.71. The maximum Gasteiger partial charge on any atom is 0.293 e. The lowest BCUT2D eigenvalue weighted by Crippen LogP contribution is -2.35. The summed E-state index contributed by atoms with van der Waals surface area (Å²) in [6, 6.07) is 3.68. The molecule has 0 bridgehead atoms. The maximum atomic E-state index is 12.6. The lowest BCUT2D eigenvalue weighted by Gasteiger charge is -2.29. The third kappa shape index (κ3) is 3.71. The highest BCUT2D eigenvalue weighted by Gasteiger charge is 2.26. The van der Waals surface area contributed by atoms with Crippen LogP contribution >= 0.6 is 0 Å². The molecule has 0 spiro atoms. The third-order valence-electron chi connectivity index (χ3n) is 5.41. The Morgan fingerprint density at radius 2 is 1.88 bits per heavy atom. The summed E-state index contributed by atoms with van der Waals surface area (Å²) in [5.74, 6) is 1.10. The summed E-state index contributed by atoms with van der Waals surface area (Å²) in [7, 11) is 0. The van der Waals surface area contributed by atoms with Crippen LogP contribution in [-0.4, -0.2) is 25.4 Å². The zero-order chi connectivity index (χ0) is 18.1. The van der Waals surface area contributed by atoms with Crippen molar-refractivity contribution in [3.63, 3.8) is 0 Å². The Morgan fingerprint density at radius 1 is 1.12 bits per heavy atom. The van der Waals surface area contributed by atoms with E-state index in [1.54, 1.807) is 33.8 Å². The third-order valence-corrected chi connectivity index (χ3v) is 5.41. The van der Waals surface area contributed by atoms with E-state index in [4.69, 9.17) is 0 Å². The van der Waals surface area contributed by atoms with Gasteiger partial charge in [-0.1, -0.05) is 0 Å². The van der Waals surface area contributed by atoms with Crippen molar-refractivity contribution in [1.29, 1.82) is 0 Å². The van der Waals surface area contributed by atoms with Crippen LogP contribution in [0.15, 0.2) is 34.1 Å². The van der Waals surface area contributed by atoms with Crippen molar-refractivity contribution >= 4 is 5.82 Å². The molecule has 2 saturated carbocycles. The van der Waals surface area contributed by atoms with E-state index in [2.05, 4.69) is 15.4 Å². The molecule has 0 atom stereocenters. The summed E-state index contributed by atoms with van der Waals surface area (Å²) in [6.45, 7) is 2.70. The number of hydrogen-bond acceptors (Lipinski definition) is 5. The quantitative estimate of drug-likeness (QED) is 0.888. The molecular formula is C19H25N5O2. The largest absolute Gasteiger partial charge is 0.363 e. The lowest BCUT2D eigenvalue weighted by molar-refractivity contribution is 0.302. The van der Waals surface area contributed by atoms with Crippen molar-refractivity contribution in [1.82, 2.24) is 19.3 Å². The fraction of sp³-hybridized carbons (Fsp3) is 0.579. The molecule has 0 radical (unpaired) electrons. The Kier molecular flexibility index (Phi) is 4.61. The van der Waals surface area contributed by atoms with E-state index in [9.17, 15) is 9.59 Å². The van der Waals surface area contributed by atoms with Gasteiger partial charge in [0.2, 0.25) is 0 Å². The Labute approximate surface area is 152 Å². The fourth-order valence-electron chi connectivity index (χ4n) is 3.71. The number of aryl methyl sites for hydroxylation is 1. The maximum absolute atomic E-state index is 12.6. The molecule has 2 aliphatic carbocycles. The van der Waals surface area contributed by atoms with E-state index in [0.29, 0.717) is 11.7 Å². The highest BCUT2D eigenvalue weighted by atomic mass is 16.1. The molecule has 0 saturated heterocycles. The topological polar surface area (TPSA) is 81.8 Å². The van der Waals surface area contributed by atoms with E-state index in [1.807, 2.05) is 6.92 Å². The average molecular weight is 355 g/mol. The second kappa shape index (κ2) is 7.05. The number of hydrogen-bond donors (Lipinski definition) is 1. The molecule has 7 heteroatoms. The van der Waals surface area contributed by atoms with Gasteiger partial charge >= 0.3 is 0 Å². The predicted molar refractivity (Wildman–Crippen MR) is 99.4 cm³/mol. The molecule has 0 aromatic carbocycles. The molecule has 0 unspecified atom stereocenters. The predicted octanol–water partition coefficient (Wildman–Crippen LogP) is 2.11. The molecule has 2 fully saturated rings. The second-order valence-electron chi connectivity index (χ2n) is 7.58. The first-order valence-corrected chi connectivity index (χ1v) is 9.48. The van der Waals surface area contributed by atoms with Gasteiger partial charge < -0.3 is 9.88 Å². The summed E-state index contributed by atoms with van der Waals surface area (Å²) in [5.41, 5.74) is 0.785. The van der Waals surface area contributed by atoms with Gasteiger partial charge in [0.1, 0.15) is 0 Å². The van der Waals surface area contributed by atoms with Crippen molar-refractivity contribution in [3.8, 4) is 0 Å². The minimum atomic E-state index is -0.0419. The van der Waals surface area contributed by atoms with Gasteiger partial charge in [-0.3, -0.25) is 9.59 Å². The lowest BCUT2D eigenvalue weighted by atomic mass is 9.91. The van der Waals surface area contributed by atoms with Crippen molar-refractivity contribution in [2.45, 2.75) is 64.1 Å². The summed E-state index contributed by atoms with van der Waals surface area (Å²) in [5, 5.41) is 7.71. The molecule has 1 N–H and O–H groups in total. The minimum absolute atomic E-state index is 0.0295. The number of nitrogens with zero attached hydrogens (tertiary/aromatic N) is 4. The summed E-state index contributed by atoms with van der Waals surface area (Å²) >= 11 is 0. The van der Waals surface area contributed by atoms with Gasteiger partial charge in [0, 0.05) is 31.0 Å². The van der Waals surface area contributed by atoms with Crippen molar-refractivity contribution in [2.24, 2.45) is 5.92 Å². The number of aromatic nitrogens is 4. The Morgan fingerprint density at radius 3 is 2.62 bits per heavy atom. The van der Waals surface area contributed by atoms with Gasteiger partial charge in [-0.2, -0.15) is 5.10 Å². The van der Waals surface area contributed by atoms with E-state index in [1.165, 1.54) is 12.8 Å². The van der Waals surface area contributed by atoms with Gasteiger partial charge in [0.25, 0.3) is 11.1 Å². The van der Waals surface area contributed by atoms with Crippen LogP contribution in [-0.2, 0) is 6.54 Å². The SMILES string of the molecule is Cc1ccc(=O)n(C2CCC(Nc3nccn(CC4CC4)c3=O)CC2)n1. The summed E-state index contributed by atoms with van der Waals surface area (Å²) in [4.78, 5) is 28.9. The molecular weight excluding hydrogens is 330 g/mol. The average Bonchev–Trinajstić information content (AvgIpc) is 3.45. The van der Waals surface area contributed by atoms with Crippen LogP contribution < -0.4 is 16.4 Å². The van der Waals surface area contributed by atoms with Crippen LogP contribution in [0.4, 0.5) is 5.82 Å². The van der Waals surface area contributed by atoms with Crippen LogP contribution in [0.25, 0.3) is 0 Å². The summed E-state index contributed by atoms with van der Waals surface area (Å²) in [6.07, 6.45) is 9.44. The monoisotopic (exact) mass is 355 g/mol. The van der Waals surface area contributed by atoms with Gasteiger partial charge in [-0.25, -0.2) is 9.67 Å². The molecule has 2 aromatic heterocycles. The number of anilines is 1. The highest BCUT2D eigenvalue weighted by molar-refractivity contribution is 5.32. The minimum Gasteiger partial charge on any atom is -0.363 e. The molecule has 2 aromatic rings. The van der Waals surface area contributed by atoms with Gasteiger partial charge in [-0.15, -0.1) is 0 Å². The zero-order valence-corrected chi connectivity index (χ0v) is 15.1. The first kappa shape index (κ1) is 17.0. The molecule has 0 aliphatic heterocycles. The normalized spacial score (nSPS) is 23.0. The second-order valence-corrected chi connectivity index (χ2v) is 7.58. The molecule has 0 amide bonds. The summed E-state index contributed by atoms with van der Waals surface area (Å²) < 4.78 is 3.39. The van der Waals surface area contributed by atoms with E-state index in [-0.39, 0.29) is 23.2 Å². The van der Waals surface area contributed by atoms with E-state index in [0.717, 1.165) is 37.9 Å². The Hall–Kier alpha value is -2.44.